The van der Waals surface area contributed by atoms with Crippen molar-refractivity contribution >= 4 is 5.78 Å². The number of Topliss-reactive ketones (excluding diaryl/α,β-unsaturated/α-hetero) is 1. The summed E-state index contributed by atoms with van der Waals surface area (Å²) in [4.78, 5) is 12.1. The zero-order chi connectivity index (χ0) is 14.0. The molecule has 3 atom stereocenters. The van der Waals surface area contributed by atoms with E-state index in [1.807, 2.05) is 0 Å². The minimum atomic E-state index is -2.25. The van der Waals surface area contributed by atoms with Crippen LogP contribution in [0.2, 0.25) is 0 Å². The van der Waals surface area contributed by atoms with Crippen LogP contribution in [0, 0.1) is 0 Å². The van der Waals surface area contributed by atoms with Gasteiger partial charge in [-0.2, -0.15) is 0 Å². The van der Waals surface area contributed by atoms with Crippen molar-refractivity contribution in [3.05, 3.63) is 59.9 Å². The molecule has 1 aliphatic rings. The Morgan fingerprint density at radius 1 is 1.26 bits per heavy atom. The van der Waals surface area contributed by atoms with E-state index in [0.717, 1.165) is 18.2 Å². The van der Waals surface area contributed by atoms with Crippen LogP contribution in [0.4, 0.5) is 0 Å². The number of ketones is 1. The van der Waals surface area contributed by atoms with Crippen LogP contribution in [0.1, 0.15) is 11.7 Å². The summed E-state index contributed by atoms with van der Waals surface area (Å²) in [5.41, 5.74) is -1.93. The first-order valence-electron chi connectivity index (χ1n) is 5.73. The van der Waals surface area contributed by atoms with Crippen LogP contribution in [-0.4, -0.2) is 37.9 Å². The van der Waals surface area contributed by atoms with Crippen molar-refractivity contribution in [1.29, 1.82) is 0 Å². The van der Waals surface area contributed by atoms with Crippen molar-refractivity contribution in [2.45, 2.75) is 17.8 Å². The van der Waals surface area contributed by atoms with E-state index in [1.165, 1.54) is 12.1 Å². The molecule has 0 aliphatic heterocycles. The highest BCUT2D eigenvalue weighted by atomic mass is 16.4. The van der Waals surface area contributed by atoms with Gasteiger partial charge < -0.3 is 20.4 Å². The number of rotatable bonds is 3. The summed E-state index contributed by atoms with van der Waals surface area (Å²) in [6.45, 7) is 0. The van der Waals surface area contributed by atoms with E-state index in [1.54, 1.807) is 18.2 Å². The number of benzene rings is 1. The number of aliphatic hydroxyl groups is 4. The van der Waals surface area contributed by atoms with Crippen LogP contribution in [-0.2, 0) is 4.79 Å². The third-order valence-electron chi connectivity index (χ3n) is 3.05. The molecule has 1 aromatic carbocycles. The van der Waals surface area contributed by atoms with Gasteiger partial charge in [-0.05, 0) is 23.8 Å². The third kappa shape index (κ3) is 2.44. The Kier molecular flexibility index (Phi) is 3.53. The molecule has 0 saturated carbocycles. The molecule has 100 valence electrons. The topological polar surface area (TPSA) is 98.0 Å². The first-order chi connectivity index (χ1) is 8.95. The molecule has 0 bridgehead atoms. The van der Waals surface area contributed by atoms with Gasteiger partial charge in [-0.25, -0.2) is 0 Å². The van der Waals surface area contributed by atoms with Crippen molar-refractivity contribution in [3.8, 4) is 0 Å². The van der Waals surface area contributed by atoms with Crippen LogP contribution in [0.3, 0.4) is 0 Å². The van der Waals surface area contributed by atoms with Crippen LogP contribution < -0.4 is 0 Å². The molecule has 0 radical (unpaired) electrons. The Balaban J connectivity index is 2.27. The summed E-state index contributed by atoms with van der Waals surface area (Å²) in [6, 6.07) is 8.10. The van der Waals surface area contributed by atoms with Crippen molar-refractivity contribution in [3.63, 3.8) is 0 Å². The zero-order valence-electron chi connectivity index (χ0n) is 9.97. The smallest absolute Gasteiger partial charge is 0.204 e. The Morgan fingerprint density at radius 2 is 1.89 bits per heavy atom. The lowest BCUT2D eigenvalue weighted by Gasteiger charge is -2.30. The highest BCUT2D eigenvalue weighted by Gasteiger charge is 2.44. The van der Waals surface area contributed by atoms with Gasteiger partial charge in [0.2, 0.25) is 5.78 Å². The molecule has 4 N–H and O–H groups in total. The molecule has 3 unspecified atom stereocenters. The molecule has 0 saturated heterocycles. The van der Waals surface area contributed by atoms with E-state index in [0.29, 0.717) is 5.56 Å². The number of carbonyl (C=O) groups is 1. The second-order valence-electron chi connectivity index (χ2n) is 4.37. The Bertz CT molecular complexity index is 534. The fourth-order valence-electron chi connectivity index (χ4n) is 1.89. The predicted octanol–water partition coefficient (Wildman–Crippen LogP) is 0.393. The van der Waals surface area contributed by atoms with Gasteiger partial charge in [0.25, 0.3) is 0 Å². The fraction of sp³-hybridized carbons (Fsp3) is 0.214. The maximum absolute atomic E-state index is 12.1. The quantitative estimate of drug-likeness (QED) is 0.632. The molecule has 1 aliphatic carbocycles. The van der Waals surface area contributed by atoms with Gasteiger partial charge in [0, 0.05) is 0 Å². The van der Waals surface area contributed by atoms with Crippen molar-refractivity contribution < 1.29 is 25.2 Å². The average molecular weight is 262 g/mol. The molecule has 1 aromatic rings. The lowest BCUT2D eigenvalue weighted by Crippen LogP contribution is -2.50. The van der Waals surface area contributed by atoms with E-state index in [2.05, 4.69) is 0 Å². The zero-order valence-corrected chi connectivity index (χ0v) is 9.97. The molecule has 0 aromatic heterocycles. The fourth-order valence-corrected chi connectivity index (χ4v) is 1.89. The molecular formula is C14H14O5. The molecule has 5 heteroatoms. The second-order valence-corrected chi connectivity index (χ2v) is 4.37. The molecule has 0 heterocycles. The van der Waals surface area contributed by atoms with Crippen LogP contribution >= 0.6 is 0 Å². The Hall–Kier alpha value is -1.95. The van der Waals surface area contributed by atoms with E-state index >= 15 is 0 Å². The van der Waals surface area contributed by atoms with Crippen molar-refractivity contribution in [1.82, 2.24) is 0 Å². The molecule has 2 rings (SSSR count). The van der Waals surface area contributed by atoms with E-state index in [4.69, 9.17) is 0 Å². The predicted molar refractivity (Wildman–Crippen MR) is 67.2 cm³/mol. The number of hydrogen-bond donors (Lipinski definition) is 4. The summed E-state index contributed by atoms with van der Waals surface area (Å²) >= 11 is 0. The first kappa shape index (κ1) is 13.5. The maximum Gasteiger partial charge on any atom is 0.204 e. The number of aliphatic hydroxyl groups excluding tert-OH is 3. The number of hydrogen-bond acceptors (Lipinski definition) is 5. The summed E-state index contributed by atoms with van der Waals surface area (Å²) < 4.78 is 0. The normalized spacial score (nSPS) is 27.7. The maximum atomic E-state index is 12.1. The Morgan fingerprint density at radius 3 is 2.47 bits per heavy atom. The molecular weight excluding hydrogens is 248 g/mol. The summed E-state index contributed by atoms with van der Waals surface area (Å²) in [5, 5.41) is 39.0. The van der Waals surface area contributed by atoms with Gasteiger partial charge in [-0.3, -0.25) is 4.79 Å². The minimum Gasteiger partial charge on any atom is -0.508 e. The lowest BCUT2D eigenvalue weighted by atomic mass is 9.83. The van der Waals surface area contributed by atoms with Gasteiger partial charge in [0.05, 0.1) is 0 Å². The van der Waals surface area contributed by atoms with Crippen molar-refractivity contribution in [2.75, 3.05) is 0 Å². The molecule has 0 amide bonds. The Labute approximate surface area is 109 Å². The van der Waals surface area contributed by atoms with E-state index in [9.17, 15) is 25.2 Å². The second kappa shape index (κ2) is 4.97. The van der Waals surface area contributed by atoms with Crippen molar-refractivity contribution in [2.24, 2.45) is 0 Å². The van der Waals surface area contributed by atoms with Gasteiger partial charge in [0.15, 0.2) is 5.60 Å². The molecule has 0 fully saturated rings. The van der Waals surface area contributed by atoms with Crippen LogP contribution in [0.5, 0.6) is 0 Å². The minimum absolute atomic E-state index is 0.251. The van der Waals surface area contributed by atoms with Crippen LogP contribution in [0.25, 0.3) is 0 Å². The highest BCUT2D eigenvalue weighted by Crippen LogP contribution is 2.28. The average Bonchev–Trinajstić information content (AvgIpc) is 2.42. The van der Waals surface area contributed by atoms with E-state index < -0.39 is 23.6 Å². The SMILES string of the molecule is O=C(C(O)c1ccccc1)C1(O)C=CC(O)=CC1O. The highest BCUT2D eigenvalue weighted by molar-refractivity contribution is 5.94. The lowest BCUT2D eigenvalue weighted by molar-refractivity contribution is -0.149. The standard InChI is InChI=1S/C14H14O5/c15-10-6-7-14(19,11(16)8-10)13(18)12(17)9-4-2-1-3-5-9/h1-8,11-12,15-17,19H. The van der Waals surface area contributed by atoms with Gasteiger partial charge >= 0.3 is 0 Å². The summed E-state index contributed by atoms with van der Waals surface area (Å²) in [7, 11) is 0. The first-order valence-corrected chi connectivity index (χ1v) is 5.73. The molecule has 5 nitrogen and oxygen atoms in total. The summed E-state index contributed by atoms with van der Waals surface area (Å²) in [6.07, 6.45) is -0.151. The third-order valence-corrected chi connectivity index (χ3v) is 3.05. The summed E-state index contributed by atoms with van der Waals surface area (Å²) in [5.74, 6) is -1.20. The number of allylic oxidation sites excluding steroid dienone is 1. The molecule has 0 spiro atoms. The monoisotopic (exact) mass is 262 g/mol. The van der Waals surface area contributed by atoms with Gasteiger partial charge in [-0.15, -0.1) is 0 Å². The molecule has 19 heavy (non-hydrogen) atoms. The van der Waals surface area contributed by atoms with Gasteiger partial charge in [0.1, 0.15) is 18.0 Å². The largest absolute Gasteiger partial charge is 0.508 e. The van der Waals surface area contributed by atoms with Crippen LogP contribution in [0.15, 0.2) is 54.3 Å². The van der Waals surface area contributed by atoms with E-state index in [-0.39, 0.29) is 5.76 Å². The number of carbonyl (C=O) groups excluding carboxylic acids is 1. The van der Waals surface area contributed by atoms with Gasteiger partial charge in [-0.1, -0.05) is 30.3 Å².